The number of methoxy groups -OCH3 is 1. The van der Waals surface area contributed by atoms with E-state index in [2.05, 4.69) is 30.1 Å². The lowest BCUT2D eigenvalue weighted by Crippen LogP contribution is -2.54. The van der Waals surface area contributed by atoms with Crippen LogP contribution in [-0.4, -0.2) is 32.1 Å². The zero-order valence-corrected chi connectivity index (χ0v) is 12.0. The Hall–Kier alpha value is -1.02. The molecular weight excluding hydrogens is 234 g/mol. The molecule has 1 aromatic carbocycles. The van der Waals surface area contributed by atoms with Gasteiger partial charge in [-0.05, 0) is 62.7 Å². The van der Waals surface area contributed by atoms with E-state index in [0.29, 0.717) is 5.41 Å². The first-order valence-electron chi connectivity index (χ1n) is 7.60. The summed E-state index contributed by atoms with van der Waals surface area (Å²) in [4.78, 5) is 2.52. The van der Waals surface area contributed by atoms with Crippen LogP contribution in [0.25, 0.3) is 0 Å². The van der Waals surface area contributed by atoms with Crippen molar-refractivity contribution in [1.29, 1.82) is 0 Å². The largest absolute Gasteiger partial charge is 0.496 e. The summed E-state index contributed by atoms with van der Waals surface area (Å²) < 4.78 is 5.65. The van der Waals surface area contributed by atoms with Crippen molar-refractivity contribution in [2.75, 3.05) is 27.2 Å². The SMILES string of the molecule is COc1cccc2c1[C@@H]1CC[C@]23CCN(C)C[C@@H]3C1. The molecule has 1 saturated carbocycles. The van der Waals surface area contributed by atoms with E-state index in [1.165, 1.54) is 38.8 Å². The van der Waals surface area contributed by atoms with E-state index < -0.39 is 0 Å². The fourth-order valence-electron chi connectivity index (χ4n) is 5.09. The van der Waals surface area contributed by atoms with Crippen LogP contribution in [0.4, 0.5) is 0 Å². The topological polar surface area (TPSA) is 12.5 Å². The molecule has 1 spiro atoms. The molecule has 2 bridgehead atoms. The van der Waals surface area contributed by atoms with Crippen molar-refractivity contribution in [3.63, 3.8) is 0 Å². The van der Waals surface area contributed by atoms with Crippen LogP contribution < -0.4 is 4.74 Å². The van der Waals surface area contributed by atoms with Gasteiger partial charge in [0.2, 0.25) is 0 Å². The summed E-state index contributed by atoms with van der Waals surface area (Å²) in [7, 11) is 4.10. The van der Waals surface area contributed by atoms with Gasteiger partial charge in [0.25, 0.3) is 0 Å². The van der Waals surface area contributed by atoms with Crippen LogP contribution in [0.2, 0.25) is 0 Å². The molecule has 0 unspecified atom stereocenters. The van der Waals surface area contributed by atoms with Crippen molar-refractivity contribution in [3.8, 4) is 5.75 Å². The Labute approximate surface area is 115 Å². The molecule has 0 aromatic heterocycles. The molecule has 2 heteroatoms. The van der Waals surface area contributed by atoms with Gasteiger partial charge in [0, 0.05) is 17.5 Å². The lowest BCUT2D eigenvalue weighted by atomic mass is 9.50. The molecule has 4 aliphatic rings. The highest BCUT2D eigenvalue weighted by Gasteiger charge is 2.53. The monoisotopic (exact) mass is 257 g/mol. The molecule has 102 valence electrons. The quantitative estimate of drug-likeness (QED) is 0.766. The minimum Gasteiger partial charge on any atom is -0.496 e. The molecule has 2 nitrogen and oxygen atoms in total. The Morgan fingerprint density at radius 1 is 1.32 bits per heavy atom. The molecule has 0 radical (unpaired) electrons. The summed E-state index contributed by atoms with van der Waals surface area (Å²) >= 11 is 0. The van der Waals surface area contributed by atoms with Crippen molar-refractivity contribution >= 4 is 0 Å². The molecule has 1 heterocycles. The summed E-state index contributed by atoms with van der Waals surface area (Å²) in [5.41, 5.74) is 3.65. The minimum absolute atomic E-state index is 0.463. The van der Waals surface area contributed by atoms with E-state index in [1.807, 2.05) is 7.11 Å². The van der Waals surface area contributed by atoms with E-state index in [9.17, 15) is 0 Å². The predicted octanol–water partition coefficient (Wildman–Crippen LogP) is 3.17. The summed E-state index contributed by atoms with van der Waals surface area (Å²) in [6.07, 6.45) is 5.47. The van der Waals surface area contributed by atoms with Crippen LogP contribution in [0.1, 0.15) is 42.7 Å². The van der Waals surface area contributed by atoms with Crippen LogP contribution in [-0.2, 0) is 5.41 Å². The van der Waals surface area contributed by atoms with Crippen LogP contribution in [0.15, 0.2) is 18.2 Å². The van der Waals surface area contributed by atoms with Crippen molar-refractivity contribution in [2.24, 2.45) is 5.92 Å². The fourth-order valence-corrected chi connectivity index (χ4v) is 5.09. The number of rotatable bonds is 1. The number of ether oxygens (including phenoxy) is 1. The Morgan fingerprint density at radius 2 is 2.21 bits per heavy atom. The summed E-state index contributed by atoms with van der Waals surface area (Å²) in [6, 6.07) is 6.74. The summed E-state index contributed by atoms with van der Waals surface area (Å²) in [6.45, 7) is 2.53. The predicted molar refractivity (Wildman–Crippen MR) is 76.9 cm³/mol. The van der Waals surface area contributed by atoms with Crippen LogP contribution in [0.5, 0.6) is 5.75 Å². The Morgan fingerprint density at radius 3 is 3.05 bits per heavy atom. The third kappa shape index (κ3) is 1.47. The second kappa shape index (κ2) is 3.99. The Kier molecular flexibility index (Phi) is 2.47. The molecule has 1 aromatic rings. The van der Waals surface area contributed by atoms with Gasteiger partial charge in [-0.15, -0.1) is 0 Å². The van der Waals surface area contributed by atoms with E-state index in [1.54, 1.807) is 11.1 Å². The first-order chi connectivity index (χ1) is 9.24. The van der Waals surface area contributed by atoms with E-state index in [4.69, 9.17) is 4.74 Å². The zero-order chi connectivity index (χ0) is 13.0. The van der Waals surface area contributed by atoms with Gasteiger partial charge in [0.1, 0.15) is 5.75 Å². The van der Waals surface area contributed by atoms with Crippen molar-refractivity contribution in [3.05, 3.63) is 29.3 Å². The number of nitrogens with zero attached hydrogens (tertiary/aromatic N) is 1. The average molecular weight is 257 g/mol. The van der Waals surface area contributed by atoms with Gasteiger partial charge >= 0.3 is 0 Å². The second-order valence-corrected chi connectivity index (χ2v) is 6.76. The molecule has 0 N–H and O–H groups in total. The molecule has 3 aliphatic carbocycles. The van der Waals surface area contributed by atoms with Gasteiger partial charge in [-0.25, -0.2) is 0 Å². The Bertz CT molecular complexity index is 512. The smallest absolute Gasteiger partial charge is 0.122 e. The number of fused-ring (bicyclic) bond motifs is 1. The molecule has 2 fully saturated rings. The van der Waals surface area contributed by atoms with Gasteiger partial charge < -0.3 is 9.64 Å². The van der Waals surface area contributed by atoms with Crippen LogP contribution in [0, 0.1) is 5.92 Å². The zero-order valence-electron chi connectivity index (χ0n) is 12.0. The lowest BCUT2D eigenvalue weighted by molar-refractivity contribution is 0.0460. The van der Waals surface area contributed by atoms with Crippen LogP contribution in [0.3, 0.4) is 0 Å². The maximum Gasteiger partial charge on any atom is 0.122 e. The van der Waals surface area contributed by atoms with Gasteiger partial charge in [-0.2, -0.15) is 0 Å². The van der Waals surface area contributed by atoms with E-state index in [0.717, 1.165) is 17.6 Å². The number of hydrogen-bond donors (Lipinski definition) is 0. The lowest BCUT2D eigenvalue weighted by Gasteiger charge is -2.57. The molecular formula is C17H23NO. The average Bonchev–Trinajstić information content (AvgIpc) is 2.46. The third-order valence-electron chi connectivity index (χ3n) is 5.99. The normalized spacial score (nSPS) is 36.7. The first-order valence-corrected chi connectivity index (χ1v) is 7.60. The maximum absolute atomic E-state index is 5.65. The second-order valence-electron chi connectivity index (χ2n) is 6.76. The molecule has 5 rings (SSSR count). The molecule has 19 heavy (non-hydrogen) atoms. The van der Waals surface area contributed by atoms with E-state index >= 15 is 0 Å². The fraction of sp³-hybridized carbons (Fsp3) is 0.647. The molecule has 0 amide bonds. The summed E-state index contributed by atoms with van der Waals surface area (Å²) in [5.74, 6) is 2.74. The number of likely N-dealkylation sites (tertiary alicyclic amines) is 1. The van der Waals surface area contributed by atoms with Gasteiger partial charge in [-0.3, -0.25) is 0 Å². The van der Waals surface area contributed by atoms with E-state index in [-0.39, 0.29) is 0 Å². The highest BCUT2D eigenvalue weighted by molar-refractivity contribution is 5.51. The molecule has 3 atom stereocenters. The van der Waals surface area contributed by atoms with Crippen LogP contribution >= 0.6 is 0 Å². The highest BCUT2D eigenvalue weighted by atomic mass is 16.5. The third-order valence-corrected chi connectivity index (χ3v) is 5.99. The van der Waals surface area contributed by atoms with Crippen molar-refractivity contribution in [2.45, 2.75) is 37.0 Å². The number of piperidine rings is 1. The maximum atomic E-state index is 5.65. The standard InChI is InChI=1S/C17H23NO/c1-18-9-8-17-7-6-12(10-13(17)11-18)16-14(17)4-3-5-15(16)19-2/h3-5,12-13H,6-11H2,1-2H3/t12-,13+,17-/m1/s1. The van der Waals surface area contributed by atoms with Crippen molar-refractivity contribution in [1.82, 2.24) is 4.90 Å². The number of hydrogen-bond acceptors (Lipinski definition) is 2. The van der Waals surface area contributed by atoms with Gasteiger partial charge in [0.05, 0.1) is 7.11 Å². The highest BCUT2D eigenvalue weighted by Crippen LogP contribution is 2.60. The van der Waals surface area contributed by atoms with Crippen molar-refractivity contribution < 1.29 is 4.74 Å². The first kappa shape index (κ1) is 11.8. The Balaban J connectivity index is 1.88. The minimum atomic E-state index is 0.463. The molecule has 1 saturated heterocycles. The van der Waals surface area contributed by atoms with Gasteiger partial charge in [0.15, 0.2) is 0 Å². The number of benzene rings is 1. The summed E-state index contributed by atoms with van der Waals surface area (Å²) in [5, 5.41) is 0. The molecule has 1 aliphatic heterocycles. The van der Waals surface area contributed by atoms with Gasteiger partial charge in [-0.1, -0.05) is 12.1 Å².